The van der Waals surface area contributed by atoms with Crippen molar-refractivity contribution in [1.29, 1.82) is 0 Å². The quantitative estimate of drug-likeness (QED) is 0.231. The number of benzene rings is 1. The molecule has 0 bridgehead atoms. The van der Waals surface area contributed by atoms with Crippen LogP contribution in [0.5, 0.6) is 5.75 Å². The summed E-state index contributed by atoms with van der Waals surface area (Å²) in [6.45, 7) is 3.68. The van der Waals surface area contributed by atoms with E-state index in [9.17, 15) is 4.79 Å². The third-order valence-corrected chi connectivity index (χ3v) is 7.20. The summed E-state index contributed by atoms with van der Waals surface area (Å²) in [5.74, 6) is 1.16. The number of nitrogens with zero attached hydrogens (tertiary/aromatic N) is 3. The smallest absolute Gasteiger partial charge is 0.269 e. The van der Waals surface area contributed by atoms with Gasteiger partial charge in [-0.2, -0.15) is 0 Å². The number of carbonyl (C=O) groups is 1. The van der Waals surface area contributed by atoms with Gasteiger partial charge in [-0.25, -0.2) is 4.98 Å². The lowest BCUT2D eigenvalue weighted by Crippen LogP contribution is -2.11. The minimum absolute atomic E-state index is 0.324. The fourth-order valence-corrected chi connectivity index (χ4v) is 5.21. The topological polar surface area (TPSA) is 103 Å². The highest BCUT2D eigenvalue weighted by Crippen LogP contribution is 2.35. The van der Waals surface area contributed by atoms with E-state index in [0.717, 1.165) is 32.5 Å². The molecule has 30 heavy (non-hydrogen) atoms. The third-order valence-electron chi connectivity index (χ3n) is 4.12. The lowest BCUT2D eigenvalue weighted by atomic mass is 10.1. The number of carbonyl (C=O) groups excluding carboxylic acids is 1. The van der Waals surface area contributed by atoms with Crippen molar-refractivity contribution >= 4 is 61.4 Å². The minimum Gasteiger partial charge on any atom is -0.497 e. The molecule has 10 heteroatoms. The number of hydrogen-bond donors (Lipinski definition) is 2. The van der Waals surface area contributed by atoms with Gasteiger partial charge in [-0.15, -0.1) is 28.1 Å². The Morgan fingerprint density at radius 2 is 2.17 bits per heavy atom. The van der Waals surface area contributed by atoms with Crippen LogP contribution in [0.25, 0.3) is 21.5 Å². The van der Waals surface area contributed by atoms with E-state index in [1.807, 2.05) is 36.4 Å². The number of nitrogens with one attached hydrogen (secondary N) is 1. The second kappa shape index (κ2) is 8.82. The molecule has 4 rings (SSSR count). The van der Waals surface area contributed by atoms with Gasteiger partial charge < -0.3 is 10.5 Å². The van der Waals surface area contributed by atoms with Crippen LogP contribution in [0.2, 0.25) is 0 Å². The number of fused-ring (bicyclic) bond motifs is 1. The van der Waals surface area contributed by atoms with Gasteiger partial charge in [-0.3, -0.25) is 10.1 Å². The van der Waals surface area contributed by atoms with E-state index in [2.05, 4.69) is 22.1 Å². The molecular weight excluding hydrogens is 438 g/mol. The number of aromatic nitrogens is 3. The lowest BCUT2D eigenvalue weighted by molar-refractivity contribution is 0.103. The Kier molecular flexibility index (Phi) is 5.98. The number of ether oxygens (including phenoxy) is 1. The zero-order valence-corrected chi connectivity index (χ0v) is 18.4. The van der Waals surface area contributed by atoms with Crippen LogP contribution in [-0.4, -0.2) is 34.0 Å². The van der Waals surface area contributed by atoms with E-state index in [0.29, 0.717) is 20.5 Å². The summed E-state index contributed by atoms with van der Waals surface area (Å²) in [4.78, 5) is 18.5. The van der Waals surface area contributed by atoms with Crippen molar-refractivity contribution in [2.24, 2.45) is 0 Å². The van der Waals surface area contributed by atoms with Gasteiger partial charge in [0.2, 0.25) is 5.13 Å². The van der Waals surface area contributed by atoms with Crippen LogP contribution >= 0.6 is 34.4 Å². The molecule has 0 spiro atoms. The largest absolute Gasteiger partial charge is 0.497 e. The number of thiophene rings is 1. The van der Waals surface area contributed by atoms with E-state index in [-0.39, 0.29) is 5.91 Å². The number of thioether (sulfide) groups is 1. The standard InChI is InChI=1S/C20H17N5O2S3/c1-3-9-28-20-25-24-19(30-20)23-17(26)16-15(21)13-7-8-14(22-18(13)29-16)11-5-4-6-12(10-11)27-2/h3-8,10H,1,9,21H2,2H3,(H,23,24,26). The van der Waals surface area contributed by atoms with Crippen molar-refractivity contribution in [3.8, 4) is 17.0 Å². The first kappa shape index (κ1) is 20.3. The summed E-state index contributed by atoms with van der Waals surface area (Å²) in [7, 11) is 1.62. The van der Waals surface area contributed by atoms with Crippen LogP contribution in [-0.2, 0) is 0 Å². The van der Waals surface area contributed by atoms with Gasteiger partial charge in [0.05, 0.1) is 18.5 Å². The molecule has 1 aromatic carbocycles. The van der Waals surface area contributed by atoms with E-state index in [4.69, 9.17) is 15.5 Å². The number of amides is 1. The summed E-state index contributed by atoms with van der Waals surface area (Å²) in [5.41, 5.74) is 8.35. The van der Waals surface area contributed by atoms with Crippen LogP contribution in [0.3, 0.4) is 0 Å². The maximum absolute atomic E-state index is 12.8. The Morgan fingerprint density at radius 3 is 2.97 bits per heavy atom. The normalized spacial score (nSPS) is 10.8. The van der Waals surface area contributed by atoms with Crippen molar-refractivity contribution in [2.45, 2.75) is 4.34 Å². The first-order valence-electron chi connectivity index (χ1n) is 8.81. The number of hydrogen-bond acceptors (Lipinski definition) is 9. The molecule has 0 radical (unpaired) electrons. The van der Waals surface area contributed by atoms with Crippen molar-refractivity contribution in [2.75, 3.05) is 23.9 Å². The van der Waals surface area contributed by atoms with Crippen LogP contribution in [0.15, 0.2) is 53.4 Å². The summed E-state index contributed by atoms with van der Waals surface area (Å²) in [6, 6.07) is 11.4. The summed E-state index contributed by atoms with van der Waals surface area (Å²) >= 11 is 4.07. The van der Waals surface area contributed by atoms with Crippen LogP contribution in [0, 0.1) is 0 Å². The Hall–Kier alpha value is -2.95. The minimum atomic E-state index is -0.324. The van der Waals surface area contributed by atoms with Crippen LogP contribution in [0.1, 0.15) is 9.67 Å². The molecule has 0 aliphatic heterocycles. The van der Waals surface area contributed by atoms with E-state index in [1.165, 1.54) is 34.4 Å². The molecule has 0 aliphatic carbocycles. The molecule has 3 aromatic heterocycles. The Balaban J connectivity index is 1.60. The average Bonchev–Trinajstić information content (AvgIpc) is 3.36. The van der Waals surface area contributed by atoms with Crippen molar-refractivity contribution in [3.63, 3.8) is 0 Å². The average molecular weight is 456 g/mol. The zero-order chi connectivity index (χ0) is 21.1. The highest BCUT2D eigenvalue weighted by Gasteiger charge is 2.19. The summed E-state index contributed by atoms with van der Waals surface area (Å²) in [6.07, 6.45) is 1.79. The zero-order valence-electron chi connectivity index (χ0n) is 15.9. The van der Waals surface area contributed by atoms with Crippen molar-refractivity contribution in [3.05, 3.63) is 53.9 Å². The molecular formula is C20H17N5O2S3. The monoisotopic (exact) mass is 455 g/mol. The van der Waals surface area contributed by atoms with Gasteiger partial charge in [0.15, 0.2) is 4.34 Å². The number of methoxy groups -OCH3 is 1. The Labute approximate surface area is 185 Å². The molecule has 0 saturated heterocycles. The SMILES string of the molecule is C=CCSc1nnc(NC(=O)c2sc3nc(-c4cccc(OC)c4)ccc3c2N)s1. The fraction of sp³-hybridized carbons (Fsp3) is 0.100. The number of anilines is 2. The molecule has 0 saturated carbocycles. The van der Waals surface area contributed by atoms with Crippen LogP contribution < -0.4 is 15.8 Å². The maximum atomic E-state index is 12.8. The number of nitrogen functional groups attached to an aromatic ring is 1. The van der Waals surface area contributed by atoms with Gasteiger partial charge in [0, 0.05) is 16.7 Å². The van der Waals surface area contributed by atoms with Crippen molar-refractivity contribution < 1.29 is 9.53 Å². The van der Waals surface area contributed by atoms with Crippen molar-refractivity contribution in [1.82, 2.24) is 15.2 Å². The Bertz CT molecular complexity index is 1230. The van der Waals surface area contributed by atoms with E-state index >= 15 is 0 Å². The van der Waals surface area contributed by atoms with E-state index < -0.39 is 0 Å². The maximum Gasteiger partial charge on any atom is 0.269 e. The molecule has 3 heterocycles. The van der Waals surface area contributed by atoms with E-state index in [1.54, 1.807) is 13.2 Å². The first-order chi connectivity index (χ1) is 14.6. The highest BCUT2D eigenvalue weighted by molar-refractivity contribution is 8.01. The molecule has 0 aliphatic rings. The predicted octanol–water partition coefficient (Wildman–Crippen LogP) is 4.94. The second-order valence-electron chi connectivity index (χ2n) is 6.05. The number of nitrogens with two attached hydrogens (primary N) is 1. The molecule has 1 amide bonds. The molecule has 7 nitrogen and oxygen atoms in total. The summed E-state index contributed by atoms with van der Waals surface area (Å²) < 4.78 is 6.05. The molecule has 4 aromatic rings. The summed E-state index contributed by atoms with van der Waals surface area (Å²) in [5, 5.41) is 12.0. The molecule has 3 N–H and O–H groups in total. The molecule has 152 valence electrons. The van der Waals surface area contributed by atoms with Gasteiger partial charge >= 0.3 is 0 Å². The number of rotatable bonds is 7. The predicted molar refractivity (Wildman–Crippen MR) is 125 cm³/mol. The lowest BCUT2D eigenvalue weighted by Gasteiger charge is -2.04. The molecule has 0 fully saturated rings. The Morgan fingerprint density at radius 1 is 1.30 bits per heavy atom. The van der Waals surface area contributed by atoms with Gasteiger partial charge in [0.1, 0.15) is 15.5 Å². The highest BCUT2D eigenvalue weighted by atomic mass is 32.2. The van der Waals surface area contributed by atoms with Crippen LogP contribution in [0.4, 0.5) is 10.8 Å². The molecule has 0 unspecified atom stereocenters. The third kappa shape index (κ3) is 4.16. The molecule has 0 atom stereocenters. The van der Waals surface area contributed by atoms with Gasteiger partial charge in [0.25, 0.3) is 5.91 Å². The fourth-order valence-electron chi connectivity index (χ4n) is 2.71. The van der Waals surface area contributed by atoms with Gasteiger partial charge in [-0.1, -0.05) is 41.3 Å². The van der Waals surface area contributed by atoms with Gasteiger partial charge in [-0.05, 0) is 24.3 Å². The number of pyridine rings is 1. The first-order valence-corrected chi connectivity index (χ1v) is 11.4. The second-order valence-corrected chi connectivity index (χ2v) is 9.30.